The van der Waals surface area contributed by atoms with Crippen molar-refractivity contribution < 1.29 is 9.53 Å². The number of hydrogen-bond acceptors (Lipinski definition) is 3. The first kappa shape index (κ1) is 15.1. The number of rotatable bonds is 0. The maximum absolute atomic E-state index is 13.3. The van der Waals surface area contributed by atoms with E-state index in [9.17, 15) is 4.79 Å². The minimum atomic E-state index is 0.0980. The molecule has 0 N–H and O–H groups in total. The molecular formula is C21H21IN2O2. The van der Waals surface area contributed by atoms with E-state index in [-0.39, 0.29) is 23.5 Å². The first-order chi connectivity index (χ1) is 12.7. The van der Waals surface area contributed by atoms with Gasteiger partial charge in [0.05, 0.1) is 25.2 Å². The lowest BCUT2D eigenvalue weighted by Crippen LogP contribution is -2.69. The lowest BCUT2D eigenvalue weighted by atomic mass is 9.53. The maximum Gasteiger partial charge on any atom is 0.229 e. The monoisotopic (exact) mass is 460 g/mol. The number of benzene rings is 1. The van der Waals surface area contributed by atoms with Gasteiger partial charge >= 0.3 is 0 Å². The van der Waals surface area contributed by atoms with Gasteiger partial charge in [-0.3, -0.25) is 9.69 Å². The molecule has 1 amide bonds. The summed E-state index contributed by atoms with van der Waals surface area (Å²) in [6.07, 6.45) is 5.42. The van der Waals surface area contributed by atoms with E-state index in [0.717, 1.165) is 13.1 Å². The van der Waals surface area contributed by atoms with Crippen LogP contribution in [-0.2, 0) is 14.9 Å². The largest absolute Gasteiger partial charge is 0.373 e. The Kier molecular flexibility index (Phi) is 2.74. The van der Waals surface area contributed by atoms with Crippen LogP contribution in [0.1, 0.15) is 24.8 Å². The lowest BCUT2D eigenvalue weighted by Gasteiger charge is -2.58. The molecule has 6 aliphatic rings. The Morgan fingerprint density at radius 1 is 1.31 bits per heavy atom. The SMILES string of the molecule is O=C1CC2OCC=C3CN4CC[C@]56c7cc(I)ccc7N1C5C2C3CC46. The smallest absolute Gasteiger partial charge is 0.229 e. The van der Waals surface area contributed by atoms with Gasteiger partial charge in [-0.25, -0.2) is 0 Å². The molecule has 4 fully saturated rings. The van der Waals surface area contributed by atoms with Crippen molar-refractivity contribution in [1.82, 2.24) is 4.90 Å². The van der Waals surface area contributed by atoms with Crippen LogP contribution in [0.25, 0.3) is 0 Å². The van der Waals surface area contributed by atoms with Gasteiger partial charge in [0.15, 0.2) is 0 Å². The number of ether oxygens (including phenoxy) is 1. The predicted molar refractivity (Wildman–Crippen MR) is 106 cm³/mol. The standard InChI is InChI=1S/C21H21IN2O2/c22-12-1-2-15-14(7-12)21-4-5-23-10-11-3-6-26-16-9-18(25)24(15)20(21)19(16)13(11)8-17(21)23/h1-3,7,13,16-17,19-20H,4-6,8-10H2/t13?,16?,17?,19?,20?,21-/m1/s1. The Morgan fingerprint density at radius 3 is 3.15 bits per heavy atom. The van der Waals surface area contributed by atoms with E-state index in [1.165, 1.54) is 27.7 Å². The zero-order chi connectivity index (χ0) is 17.2. The molecule has 5 heteroatoms. The Labute approximate surface area is 166 Å². The Hall–Kier alpha value is -0.920. The van der Waals surface area contributed by atoms with Gasteiger partial charge in [0, 0.05) is 33.2 Å². The van der Waals surface area contributed by atoms with Gasteiger partial charge in [-0.05, 0) is 71.7 Å². The summed E-state index contributed by atoms with van der Waals surface area (Å²) in [4.78, 5) is 18.2. The zero-order valence-corrected chi connectivity index (χ0v) is 16.7. The number of nitrogens with zero attached hydrogens (tertiary/aromatic N) is 2. The Morgan fingerprint density at radius 2 is 2.23 bits per heavy atom. The van der Waals surface area contributed by atoms with Crippen molar-refractivity contribution >= 4 is 34.2 Å². The summed E-state index contributed by atoms with van der Waals surface area (Å²) in [7, 11) is 0. The molecule has 0 radical (unpaired) electrons. The molecule has 5 heterocycles. The molecule has 1 aromatic carbocycles. The van der Waals surface area contributed by atoms with Gasteiger partial charge < -0.3 is 9.64 Å². The molecule has 7 rings (SSSR count). The number of carbonyl (C=O) groups is 1. The summed E-state index contributed by atoms with van der Waals surface area (Å²) < 4.78 is 7.56. The van der Waals surface area contributed by atoms with Crippen LogP contribution in [0.4, 0.5) is 5.69 Å². The molecule has 5 aliphatic heterocycles. The summed E-state index contributed by atoms with van der Waals surface area (Å²) >= 11 is 2.43. The van der Waals surface area contributed by atoms with Gasteiger partial charge in [-0.2, -0.15) is 0 Å². The van der Waals surface area contributed by atoms with E-state index in [0.29, 0.717) is 30.9 Å². The highest BCUT2D eigenvalue weighted by Crippen LogP contribution is 2.65. The van der Waals surface area contributed by atoms with Crippen molar-refractivity contribution in [3.8, 4) is 0 Å². The average molecular weight is 460 g/mol. The van der Waals surface area contributed by atoms with Crippen molar-refractivity contribution in [3.05, 3.63) is 39.0 Å². The molecular weight excluding hydrogens is 439 g/mol. The van der Waals surface area contributed by atoms with Gasteiger partial charge in [0.25, 0.3) is 0 Å². The summed E-state index contributed by atoms with van der Waals surface area (Å²) in [5.74, 6) is 1.34. The van der Waals surface area contributed by atoms with Crippen LogP contribution >= 0.6 is 22.6 Å². The number of carbonyl (C=O) groups excluding carboxylic acids is 1. The topological polar surface area (TPSA) is 32.8 Å². The van der Waals surface area contributed by atoms with Crippen LogP contribution in [0.5, 0.6) is 0 Å². The predicted octanol–water partition coefficient (Wildman–Crippen LogP) is 2.70. The van der Waals surface area contributed by atoms with Crippen molar-refractivity contribution in [2.45, 2.75) is 42.9 Å². The Bertz CT molecular complexity index is 898. The van der Waals surface area contributed by atoms with E-state index in [1.807, 2.05) is 0 Å². The van der Waals surface area contributed by atoms with E-state index >= 15 is 0 Å². The molecule has 26 heavy (non-hydrogen) atoms. The van der Waals surface area contributed by atoms with E-state index in [4.69, 9.17) is 4.74 Å². The van der Waals surface area contributed by atoms with Crippen molar-refractivity contribution in [2.24, 2.45) is 11.8 Å². The second-order valence-electron chi connectivity index (χ2n) is 8.92. The summed E-state index contributed by atoms with van der Waals surface area (Å²) in [5.41, 5.74) is 4.35. The fraction of sp³-hybridized carbons (Fsp3) is 0.571. The number of hydrogen-bond donors (Lipinski definition) is 0. The van der Waals surface area contributed by atoms with E-state index < -0.39 is 0 Å². The zero-order valence-electron chi connectivity index (χ0n) is 14.5. The molecule has 1 spiro atoms. The summed E-state index contributed by atoms with van der Waals surface area (Å²) in [5, 5.41) is 0. The minimum absolute atomic E-state index is 0.0980. The van der Waals surface area contributed by atoms with Crippen LogP contribution in [0.2, 0.25) is 0 Å². The Balaban J connectivity index is 1.55. The van der Waals surface area contributed by atoms with Crippen LogP contribution in [0.3, 0.4) is 0 Å². The van der Waals surface area contributed by atoms with Crippen molar-refractivity contribution in [2.75, 3.05) is 24.6 Å². The van der Waals surface area contributed by atoms with Crippen LogP contribution in [0, 0.1) is 15.4 Å². The second kappa shape index (κ2) is 4.73. The number of amides is 1. The highest BCUT2D eigenvalue weighted by Gasteiger charge is 2.70. The van der Waals surface area contributed by atoms with Crippen LogP contribution in [0.15, 0.2) is 29.8 Å². The van der Waals surface area contributed by atoms with Crippen molar-refractivity contribution in [3.63, 3.8) is 0 Å². The summed E-state index contributed by atoms with van der Waals surface area (Å²) in [6.45, 7) is 2.96. The van der Waals surface area contributed by atoms with Crippen molar-refractivity contribution in [1.29, 1.82) is 0 Å². The molecule has 3 saturated heterocycles. The summed E-state index contributed by atoms with van der Waals surface area (Å²) in [6, 6.07) is 7.63. The number of halogens is 1. The second-order valence-corrected chi connectivity index (χ2v) is 10.2. The number of fused-ring (bicyclic) bond motifs is 2. The quantitative estimate of drug-likeness (QED) is 0.441. The third-order valence-electron chi connectivity index (χ3n) is 8.27. The molecule has 134 valence electrons. The highest BCUT2D eigenvalue weighted by atomic mass is 127. The fourth-order valence-corrected chi connectivity index (χ4v) is 8.01. The molecule has 5 unspecified atom stereocenters. The maximum atomic E-state index is 13.3. The average Bonchev–Trinajstić information content (AvgIpc) is 3.09. The third-order valence-corrected chi connectivity index (χ3v) is 8.94. The first-order valence-electron chi connectivity index (χ1n) is 9.85. The van der Waals surface area contributed by atoms with E-state index in [2.05, 4.69) is 56.7 Å². The third kappa shape index (κ3) is 1.52. The first-order valence-corrected chi connectivity index (χ1v) is 10.9. The molecule has 1 aliphatic carbocycles. The fourth-order valence-electron chi connectivity index (χ4n) is 7.52. The van der Waals surface area contributed by atoms with Crippen LogP contribution < -0.4 is 4.90 Å². The van der Waals surface area contributed by atoms with Crippen LogP contribution in [-0.4, -0.2) is 48.7 Å². The minimum Gasteiger partial charge on any atom is -0.373 e. The highest BCUT2D eigenvalue weighted by molar-refractivity contribution is 14.1. The normalized spacial score (nSPS) is 44.7. The van der Waals surface area contributed by atoms with Gasteiger partial charge in [-0.15, -0.1) is 0 Å². The molecule has 4 nitrogen and oxygen atoms in total. The van der Waals surface area contributed by atoms with E-state index in [1.54, 1.807) is 5.57 Å². The molecule has 2 bridgehead atoms. The molecule has 6 atom stereocenters. The molecule has 0 aromatic heterocycles. The van der Waals surface area contributed by atoms with Gasteiger partial charge in [0.1, 0.15) is 0 Å². The van der Waals surface area contributed by atoms with Gasteiger partial charge in [0.2, 0.25) is 5.91 Å². The molecule has 1 aromatic rings. The number of anilines is 1. The lowest BCUT2D eigenvalue weighted by molar-refractivity contribution is -0.132. The number of piperidine rings is 2. The van der Waals surface area contributed by atoms with Gasteiger partial charge in [-0.1, -0.05) is 11.6 Å². The molecule has 1 saturated carbocycles.